The van der Waals surface area contributed by atoms with Crippen LogP contribution in [0.4, 0.5) is 4.39 Å². The third kappa shape index (κ3) is 3.17. The molecule has 0 spiro atoms. The Labute approximate surface area is 164 Å². The summed E-state index contributed by atoms with van der Waals surface area (Å²) in [6, 6.07) is 8.30. The number of hydrogen-bond acceptors (Lipinski definition) is 6. The van der Waals surface area contributed by atoms with Crippen molar-refractivity contribution in [2.24, 2.45) is 4.40 Å². The van der Waals surface area contributed by atoms with Crippen LogP contribution in [-0.2, 0) is 16.6 Å². The third-order valence-electron chi connectivity index (χ3n) is 4.46. The number of ketones is 1. The average molecular weight is 415 g/mol. The van der Waals surface area contributed by atoms with E-state index in [4.69, 9.17) is 0 Å². The molecule has 4 rings (SSSR count). The molecule has 2 N–H and O–H groups in total. The van der Waals surface area contributed by atoms with Crippen molar-refractivity contribution in [2.45, 2.75) is 6.54 Å². The molecule has 1 aliphatic rings. The van der Waals surface area contributed by atoms with Crippen molar-refractivity contribution >= 4 is 21.5 Å². The number of aromatic nitrogens is 2. The van der Waals surface area contributed by atoms with Crippen LogP contribution in [0.2, 0.25) is 0 Å². The Morgan fingerprint density at radius 1 is 1.10 bits per heavy atom. The number of hydrogen-bond donors (Lipinski definition) is 2. The summed E-state index contributed by atoms with van der Waals surface area (Å²) in [5.41, 5.74) is -0.0927. The number of aromatic hydroxyl groups is 2. The van der Waals surface area contributed by atoms with E-state index in [-0.39, 0.29) is 34.6 Å². The van der Waals surface area contributed by atoms with Crippen molar-refractivity contribution in [1.82, 2.24) is 9.55 Å². The second-order valence-corrected chi connectivity index (χ2v) is 8.16. The number of halogens is 1. The van der Waals surface area contributed by atoms with Gasteiger partial charge in [0.05, 0.1) is 29.6 Å². The number of fused-ring (bicyclic) bond motifs is 2. The van der Waals surface area contributed by atoms with Crippen LogP contribution >= 0.6 is 0 Å². The lowest BCUT2D eigenvalue weighted by atomic mass is 9.89. The topological polar surface area (TPSA) is 122 Å². The Morgan fingerprint density at radius 2 is 1.76 bits per heavy atom. The predicted octanol–water partition coefficient (Wildman–Crippen LogP) is 1.82. The van der Waals surface area contributed by atoms with E-state index in [9.17, 15) is 27.8 Å². The van der Waals surface area contributed by atoms with Gasteiger partial charge in [0.2, 0.25) is 17.5 Å². The van der Waals surface area contributed by atoms with Crippen LogP contribution < -0.4 is 0 Å². The zero-order chi connectivity index (χ0) is 20.9. The van der Waals surface area contributed by atoms with Gasteiger partial charge in [0, 0.05) is 11.8 Å². The summed E-state index contributed by atoms with van der Waals surface area (Å²) in [5.74, 6) is -2.22. The molecule has 10 heteroatoms. The lowest BCUT2D eigenvalue weighted by Gasteiger charge is -2.16. The van der Waals surface area contributed by atoms with Crippen LogP contribution in [0.1, 0.15) is 32.7 Å². The van der Waals surface area contributed by atoms with Crippen molar-refractivity contribution in [2.75, 3.05) is 6.26 Å². The fourth-order valence-electron chi connectivity index (χ4n) is 3.25. The van der Waals surface area contributed by atoms with Gasteiger partial charge >= 0.3 is 0 Å². The highest BCUT2D eigenvalue weighted by Gasteiger charge is 2.38. The minimum atomic E-state index is -3.91. The Balaban J connectivity index is 1.97. The largest absolute Gasteiger partial charge is 0.494 e. The van der Waals surface area contributed by atoms with E-state index in [0.717, 1.165) is 10.8 Å². The highest BCUT2D eigenvalue weighted by atomic mass is 32.2. The van der Waals surface area contributed by atoms with Crippen molar-refractivity contribution in [3.63, 3.8) is 0 Å². The van der Waals surface area contributed by atoms with Crippen LogP contribution in [0.5, 0.6) is 11.8 Å². The van der Waals surface area contributed by atoms with Gasteiger partial charge in [0.1, 0.15) is 11.5 Å². The summed E-state index contributed by atoms with van der Waals surface area (Å²) in [5, 5.41) is 21.4. The van der Waals surface area contributed by atoms with E-state index >= 15 is 0 Å². The van der Waals surface area contributed by atoms with Crippen LogP contribution in [0.25, 0.3) is 0 Å². The zero-order valence-corrected chi connectivity index (χ0v) is 15.8. The molecule has 0 bridgehead atoms. The van der Waals surface area contributed by atoms with E-state index < -0.39 is 33.4 Å². The van der Waals surface area contributed by atoms with Crippen molar-refractivity contribution in [1.29, 1.82) is 0 Å². The van der Waals surface area contributed by atoms with E-state index in [2.05, 4.69) is 9.38 Å². The highest BCUT2D eigenvalue weighted by Crippen LogP contribution is 2.41. The second-order valence-electron chi connectivity index (χ2n) is 6.51. The number of carbonyl (C=O) groups excluding carboxylic acids is 1. The SMILES string of the molecule is CS(=O)(=O)/N=C1\c2cccnc2C(=O)c2c1c(O)n(Cc1ccc(F)cc1)c2O. The zero-order valence-electron chi connectivity index (χ0n) is 15.0. The quantitative estimate of drug-likeness (QED) is 0.526. The molecule has 0 saturated heterocycles. The predicted molar refractivity (Wildman–Crippen MR) is 101 cm³/mol. The first-order chi connectivity index (χ1) is 13.7. The van der Waals surface area contributed by atoms with Gasteiger partial charge in [0.15, 0.2) is 0 Å². The first-order valence-electron chi connectivity index (χ1n) is 8.36. The first kappa shape index (κ1) is 18.8. The Hall–Kier alpha value is -3.53. The Bertz CT molecular complexity index is 1290. The fourth-order valence-corrected chi connectivity index (χ4v) is 3.77. The Kier molecular flexibility index (Phi) is 4.23. The minimum absolute atomic E-state index is 0.0865. The van der Waals surface area contributed by atoms with E-state index in [1.807, 2.05) is 0 Å². The molecule has 1 aliphatic carbocycles. The molecule has 2 heterocycles. The van der Waals surface area contributed by atoms with Gasteiger partial charge in [-0.3, -0.25) is 14.3 Å². The maximum atomic E-state index is 13.2. The van der Waals surface area contributed by atoms with Crippen molar-refractivity contribution in [3.8, 4) is 11.8 Å². The second kappa shape index (κ2) is 6.52. The average Bonchev–Trinajstić information content (AvgIpc) is 2.91. The summed E-state index contributed by atoms with van der Waals surface area (Å²) in [7, 11) is -3.91. The normalized spacial score (nSPS) is 14.7. The minimum Gasteiger partial charge on any atom is -0.494 e. The number of pyridine rings is 1. The molecule has 2 aromatic heterocycles. The van der Waals surface area contributed by atoms with Gasteiger partial charge in [-0.15, -0.1) is 0 Å². The van der Waals surface area contributed by atoms with Gasteiger partial charge in [0.25, 0.3) is 10.0 Å². The van der Waals surface area contributed by atoms with Gasteiger partial charge in [-0.2, -0.15) is 4.40 Å². The summed E-state index contributed by atoms with van der Waals surface area (Å²) in [4.78, 5) is 16.9. The molecule has 0 aliphatic heterocycles. The number of carbonyl (C=O) groups is 1. The monoisotopic (exact) mass is 415 g/mol. The molecule has 0 unspecified atom stereocenters. The lowest BCUT2D eigenvalue weighted by Crippen LogP contribution is -2.22. The molecule has 148 valence electrons. The van der Waals surface area contributed by atoms with Crippen LogP contribution in [-0.4, -0.2) is 45.9 Å². The van der Waals surface area contributed by atoms with Gasteiger partial charge in [-0.25, -0.2) is 12.8 Å². The summed E-state index contributed by atoms with van der Waals surface area (Å²) in [6.07, 6.45) is 2.23. The summed E-state index contributed by atoms with van der Waals surface area (Å²) >= 11 is 0. The molecule has 0 amide bonds. The molecule has 8 nitrogen and oxygen atoms in total. The maximum absolute atomic E-state index is 13.2. The molecule has 0 fully saturated rings. The van der Waals surface area contributed by atoms with Crippen molar-refractivity contribution in [3.05, 3.63) is 76.4 Å². The highest BCUT2D eigenvalue weighted by molar-refractivity contribution is 7.89. The van der Waals surface area contributed by atoms with Crippen molar-refractivity contribution < 1.29 is 27.8 Å². The summed E-state index contributed by atoms with van der Waals surface area (Å²) < 4.78 is 41.6. The summed E-state index contributed by atoms with van der Waals surface area (Å²) in [6.45, 7) is -0.0891. The number of benzene rings is 1. The molecule has 3 aromatic rings. The number of sulfonamides is 1. The van der Waals surface area contributed by atoms with Crippen LogP contribution in [0, 0.1) is 5.82 Å². The molecule has 0 saturated carbocycles. The number of nitrogens with zero attached hydrogens (tertiary/aromatic N) is 3. The molecule has 0 radical (unpaired) electrons. The van der Waals surface area contributed by atoms with E-state index in [1.165, 1.54) is 42.6 Å². The van der Waals surface area contributed by atoms with Gasteiger partial charge < -0.3 is 10.2 Å². The Morgan fingerprint density at radius 3 is 2.41 bits per heavy atom. The fraction of sp³-hybridized carbons (Fsp3) is 0.105. The van der Waals surface area contributed by atoms with E-state index in [0.29, 0.717) is 5.56 Å². The lowest BCUT2D eigenvalue weighted by molar-refractivity contribution is 0.103. The number of rotatable bonds is 3. The third-order valence-corrected chi connectivity index (χ3v) is 4.98. The van der Waals surface area contributed by atoms with Gasteiger partial charge in [-0.1, -0.05) is 12.1 Å². The molecule has 29 heavy (non-hydrogen) atoms. The molecular formula is C19H14FN3O5S. The van der Waals surface area contributed by atoms with Crippen LogP contribution in [0.15, 0.2) is 47.0 Å². The smallest absolute Gasteiger partial charge is 0.250 e. The maximum Gasteiger partial charge on any atom is 0.250 e. The van der Waals surface area contributed by atoms with Gasteiger partial charge in [-0.05, 0) is 29.8 Å². The van der Waals surface area contributed by atoms with Crippen LogP contribution in [0.3, 0.4) is 0 Å². The molecule has 1 aromatic carbocycles. The molecule has 0 atom stereocenters. The van der Waals surface area contributed by atoms with E-state index in [1.54, 1.807) is 0 Å². The molecular weight excluding hydrogens is 401 g/mol. The standard InChI is InChI=1S/C19H14FN3O5S/c1-29(27,28)22-15-12-3-2-8-21-16(12)17(24)14-13(15)18(25)23(19(14)26)9-10-4-6-11(20)7-5-10/h2-8,25-26H,9H2,1H3/b22-15+. The first-order valence-corrected chi connectivity index (χ1v) is 10.2.